The van der Waals surface area contributed by atoms with Gasteiger partial charge in [0.2, 0.25) is 5.91 Å². The highest BCUT2D eigenvalue weighted by Gasteiger charge is 2.52. The number of likely N-dealkylation sites (N-methyl/N-ethyl adjacent to an activating group) is 1. The summed E-state index contributed by atoms with van der Waals surface area (Å²) in [4.78, 5) is 32.1. The number of hydrogen-bond acceptors (Lipinski definition) is 4. The molecule has 2 amide bonds. The van der Waals surface area contributed by atoms with Gasteiger partial charge in [-0.05, 0) is 60.0 Å². The van der Waals surface area contributed by atoms with Crippen LogP contribution in [0, 0.1) is 5.82 Å². The van der Waals surface area contributed by atoms with E-state index in [2.05, 4.69) is 0 Å². The van der Waals surface area contributed by atoms with E-state index in [9.17, 15) is 27.2 Å². The second kappa shape index (κ2) is 11.9. The van der Waals surface area contributed by atoms with Gasteiger partial charge in [0.15, 0.2) is 0 Å². The molecule has 1 unspecified atom stereocenters. The Morgan fingerprint density at radius 2 is 1.70 bits per heavy atom. The molecule has 0 bridgehead atoms. The number of fused-ring (bicyclic) bond motifs is 2. The topological polar surface area (TPSA) is 53.1 Å². The quantitative estimate of drug-likeness (QED) is 0.254. The predicted octanol–water partition coefficient (Wildman–Crippen LogP) is 7.99. The van der Waals surface area contributed by atoms with Gasteiger partial charge in [0.05, 0.1) is 21.3 Å². The van der Waals surface area contributed by atoms with E-state index in [1.807, 2.05) is 11.8 Å². The van der Waals surface area contributed by atoms with Crippen LogP contribution >= 0.6 is 23.2 Å². The Kier molecular flexibility index (Phi) is 8.65. The molecule has 1 fully saturated rings. The molecule has 5 rings (SSSR count). The normalized spacial score (nSPS) is 18.0. The Labute approximate surface area is 263 Å². The number of rotatable bonds is 6. The smallest absolute Gasteiger partial charge is 0.416 e. The van der Waals surface area contributed by atoms with Crippen LogP contribution in [0.4, 0.5) is 28.0 Å². The summed E-state index contributed by atoms with van der Waals surface area (Å²) < 4.78 is 60.5. The lowest BCUT2D eigenvalue weighted by Crippen LogP contribution is -2.60. The first-order valence-electron chi connectivity index (χ1n) is 14.1. The summed E-state index contributed by atoms with van der Waals surface area (Å²) >= 11 is 12.7. The Balaban J connectivity index is 1.51. The van der Waals surface area contributed by atoms with Crippen LogP contribution < -0.4 is 4.90 Å². The molecular weight excluding hydrogens is 621 g/mol. The summed E-state index contributed by atoms with van der Waals surface area (Å²) in [5.41, 5.74) is -1.17. The first kappa shape index (κ1) is 32.1. The molecule has 1 atom stereocenters. The number of hydrogen-bond donors (Lipinski definition) is 0. The SMILES string of the molecule is CCC(C(=O)N(C)Cc1cccc(C(F)(F)F)c1)(c1ccc(Cl)c(Cl)c1)N1CCC2(CC1)OC(=O)N(C)c1ccc(F)cc12. The molecule has 2 aliphatic heterocycles. The van der Waals surface area contributed by atoms with Crippen LogP contribution in [-0.4, -0.2) is 49.0 Å². The van der Waals surface area contributed by atoms with Gasteiger partial charge in [-0.15, -0.1) is 0 Å². The van der Waals surface area contributed by atoms with Crippen LogP contribution in [0.3, 0.4) is 0 Å². The number of alkyl halides is 3. The van der Waals surface area contributed by atoms with E-state index in [1.165, 1.54) is 28.0 Å². The number of benzene rings is 3. The Bertz CT molecular complexity index is 1590. The minimum Gasteiger partial charge on any atom is -0.437 e. The molecular formula is C32H31Cl2F4N3O3. The van der Waals surface area contributed by atoms with Crippen molar-refractivity contribution in [2.45, 2.75) is 50.0 Å². The van der Waals surface area contributed by atoms with Gasteiger partial charge in [-0.25, -0.2) is 9.18 Å². The van der Waals surface area contributed by atoms with E-state index in [4.69, 9.17) is 27.9 Å². The van der Waals surface area contributed by atoms with Crippen molar-refractivity contribution in [3.8, 4) is 0 Å². The molecule has 1 spiro atoms. The third-order valence-electron chi connectivity index (χ3n) is 8.76. The Morgan fingerprint density at radius 3 is 2.34 bits per heavy atom. The summed E-state index contributed by atoms with van der Waals surface area (Å²) in [5, 5.41) is 0.553. The summed E-state index contributed by atoms with van der Waals surface area (Å²) in [6, 6.07) is 14.1. The van der Waals surface area contributed by atoms with E-state index < -0.39 is 34.8 Å². The van der Waals surface area contributed by atoms with Crippen LogP contribution in [0.25, 0.3) is 0 Å². The minimum atomic E-state index is -4.52. The molecule has 2 heterocycles. The maximum atomic E-state index is 14.5. The van der Waals surface area contributed by atoms with Gasteiger partial charge in [0.1, 0.15) is 17.0 Å². The average Bonchev–Trinajstić information content (AvgIpc) is 2.99. The van der Waals surface area contributed by atoms with Crippen LogP contribution in [-0.2, 0) is 33.4 Å². The highest BCUT2D eigenvalue weighted by molar-refractivity contribution is 6.42. The van der Waals surface area contributed by atoms with Crippen molar-refractivity contribution in [1.82, 2.24) is 9.80 Å². The Morgan fingerprint density at radius 1 is 1.00 bits per heavy atom. The molecule has 0 aromatic heterocycles. The van der Waals surface area contributed by atoms with Crippen LogP contribution in [0.2, 0.25) is 10.0 Å². The summed E-state index contributed by atoms with van der Waals surface area (Å²) in [5.74, 6) is -0.805. The van der Waals surface area contributed by atoms with Gasteiger partial charge in [-0.3, -0.25) is 14.6 Å². The van der Waals surface area contributed by atoms with Crippen molar-refractivity contribution in [1.29, 1.82) is 0 Å². The predicted molar refractivity (Wildman–Crippen MR) is 160 cm³/mol. The molecule has 0 radical (unpaired) electrons. The first-order valence-corrected chi connectivity index (χ1v) is 14.9. The monoisotopic (exact) mass is 651 g/mol. The van der Waals surface area contributed by atoms with Gasteiger partial charge in [-0.1, -0.05) is 48.3 Å². The lowest BCUT2D eigenvalue weighted by atomic mass is 9.77. The fraction of sp³-hybridized carbons (Fsp3) is 0.375. The van der Waals surface area contributed by atoms with Gasteiger partial charge in [0, 0.05) is 52.1 Å². The summed E-state index contributed by atoms with van der Waals surface area (Å²) in [6.07, 6.45) is -4.24. The lowest BCUT2D eigenvalue weighted by Gasteiger charge is -2.51. The van der Waals surface area contributed by atoms with Crippen molar-refractivity contribution in [3.63, 3.8) is 0 Å². The number of nitrogens with zero attached hydrogens (tertiary/aromatic N) is 3. The third-order valence-corrected chi connectivity index (χ3v) is 9.50. The van der Waals surface area contributed by atoms with Gasteiger partial charge in [-0.2, -0.15) is 13.2 Å². The number of ether oxygens (including phenoxy) is 1. The summed E-state index contributed by atoms with van der Waals surface area (Å²) in [6.45, 7) is 2.34. The first-order chi connectivity index (χ1) is 20.7. The molecule has 6 nitrogen and oxygen atoms in total. The number of carbonyl (C=O) groups excluding carboxylic acids is 2. The molecule has 0 N–H and O–H groups in total. The van der Waals surface area contributed by atoms with Crippen molar-refractivity contribution in [2.24, 2.45) is 0 Å². The molecule has 1 saturated heterocycles. The largest absolute Gasteiger partial charge is 0.437 e. The maximum absolute atomic E-state index is 14.5. The highest BCUT2D eigenvalue weighted by Crippen LogP contribution is 2.48. The van der Waals surface area contributed by atoms with Gasteiger partial charge < -0.3 is 9.64 Å². The van der Waals surface area contributed by atoms with E-state index in [0.717, 1.165) is 12.1 Å². The maximum Gasteiger partial charge on any atom is 0.416 e. The highest BCUT2D eigenvalue weighted by atomic mass is 35.5. The van der Waals surface area contributed by atoms with Crippen molar-refractivity contribution < 1.29 is 31.9 Å². The third kappa shape index (κ3) is 5.63. The van der Waals surface area contributed by atoms with E-state index >= 15 is 0 Å². The molecule has 234 valence electrons. The summed E-state index contributed by atoms with van der Waals surface area (Å²) in [7, 11) is 3.11. The zero-order valence-corrected chi connectivity index (χ0v) is 25.9. The number of carbonyl (C=O) groups is 2. The average molecular weight is 653 g/mol. The second-order valence-electron chi connectivity index (χ2n) is 11.3. The van der Waals surface area contributed by atoms with Crippen LogP contribution in [0.5, 0.6) is 0 Å². The van der Waals surface area contributed by atoms with E-state index in [0.29, 0.717) is 27.4 Å². The van der Waals surface area contributed by atoms with Crippen LogP contribution in [0.15, 0.2) is 60.7 Å². The van der Waals surface area contributed by atoms with Crippen molar-refractivity contribution in [2.75, 3.05) is 32.1 Å². The molecule has 3 aromatic rings. The fourth-order valence-electron chi connectivity index (χ4n) is 6.46. The molecule has 2 aliphatic rings. The molecule has 12 heteroatoms. The molecule has 0 saturated carbocycles. The zero-order valence-electron chi connectivity index (χ0n) is 24.4. The van der Waals surface area contributed by atoms with Gasteiger partial charge in [0.25, 0.3) is 0 Å². The number of halogens is 6. The number of likely N-dealkylation sites (tertiary alicyclic amines) is 1. The van der Waals surface area contributed by atoms with Gasteiger partial charge >= 0.3 is 12.3 Å². The molecule has 0 aliphatic carbocycles. The zero-order chi connectivity index (χ0) is 32.0. The number of amides is 2. The van der Waals surface area contributed by atoms with E-state index in [1.54, 1.807) is 44.4 Å². The standard InChI is InChI=1S/C32H31Cl2F4N3O3/c1-4-31(21-8-10-25(33)26(34)17-21,28(42)39(2)19-20-6-5-7-22(16-20)32(36,37)38)41-14-12-30(13-15-41)24-18-23(35)9-11-27(24)40(3)29(43)44-30/h5-11,16-18H,4,12-15,19H2,1-3H3. The lowest BCUT2D eigenvalue weighted by molar-refractivity contribution is -0.150. The minimum absolute atomic E-state index is 0.0692. The Hall–Kier alpha value is -3.34. The fourth-order valence-corrected chi connectivity index (χ4v) is 6.75. The molecule has 3 aromatic carbocycles. The number of anilines is 1. The van der Waals surface area contributed by atoms with E-state index in [-0.39, 0.29) is 49.8 Å². The van der Waals surface area contributed by atoms with Crippen molar-refractivity contribution in [3.05, 3.63) is 98.8 Å². The number of piperidine rings is 1. The van der Waals surface area contributed by atoms with Crippen LogP contribution in [0.1, 0.15) is 48.4 Å². The van der Waals surface area contributed by atoms with Crippen molar-refractivity contribution >= 4 is 40.9 Å². The second-order valence-corrected chi connectivity index (χ2v) is 12.1. The molecule has 44 heavy (non-hydrogen) atoms.